The number of hydrogen-bond donors (Lipinski definition) is 0. The summed E-state index contributed by atoms with van der Waals surface area (Å²) in [5, 5.41) is 0. The molecule has 0 aromatic heterocycles. The number of ether oxygens (including phenoxy) is 1. The molecule has 2 nitrogen and oxygen atoms in total. The maximum Gasteiger partial charge on any atom is 0.126 e. The lowest BCUT2D eigenvalue weighted by Crippen LogP contribution is -2.39. The largest absolute Gasteiger partial charge is 0.358 e. The number of hydrogen-bond acceptors (Lipinski definition) is 2. The van der Waals surface area contributed by atoms with Crippen LogP contribution in [0.4, 0.5) is 0 Å². The van der Waals surface area contributed by atoms with Crippen molar-refractivity contribution in [2.75, 3.05) is 0 Å². The molecule has 2 fully saturated rings. The van der Waals surface area contributed by atoms with E-state index in [4.69, 9.17) is 4.74 Å². The summed E-state index contributed by atoms with van der Waals surface area (Å²) in [6.07, 6.45) is 4.11. The topological polar surface area (TPSA) is 26.3 Å². The van der Waals surface area contributed by atoms with Gasteiger partial charge in [-0.1, -0.05) is 67.6 Å². The molecule has 4 atom stereocenters. The zero-order valence-electron chi connectivity index (χ0n) is 13.4. The van der Waals surface area contributed by atoms with E-state index >= 15 is 0 Å². The average molecular weight is 306 g/mol. The van der Waals surface area contributed by atoms with Gasteiger partial charge in [-0.25, -0.2) is 0 Å². The Balaban J connectivity index is 1.88. The van der Waals surface area contributed by atoms with Gasteiger partial charge in [0.15, 0.2) is 0 Å². The summed E-state index contributed by atoms with van der Waals surface area (Å²) in [5.41, 5.74) is 1.52. The Morgan fingerprint density at radius 3 is 2.00 bits per heavy atom. The second kappa shape index (κ2) is 5.31. The van der Waals surface area contributed by atoms with Gasteiger partial charge in [-0.2, -0.15) is 0 Å². The number of rotatable bonds is 3. The smallest absolute Gasteiger partial charge is 0.126 e. The van der Waals surface area contributed by atoms with Crippen LogP contribution in [0, 0.1) is 11.8 Å². The molecule has 2 aromatic rings. The maximum absolute atomic E-state index is 12.0. The van der Waals surface area contributed by atoms with Crippen molar-refractivity contribution in [3.05, 3.63) is 71.8 Å². The summed E-state index contributed by atoms with van der Waals surface area (Å²) in [7, 11) is 0. The fraction of sp³-hybridized carbons (Fsp3) is 0.381. The molecule has 0 radical (unpaired) electrons. The minimum atomic E-state index is -0.476. The monoisotopic (exact) mass is 306 g/mol. The zero-order valence-corrected chi connectivity index (χ0v) is 13.4. The highest BCUT2D eigenvalue weighted by Crippen LogP contribution is 2.62. The van der Waals surface area contributed by atoms with Gasteiger partial charge >= 0.3 is 0 Å². The Kier molecular flexibility index (Phi) is 3.38. The van der Waals surface area contributed by atoms with Crippen LogP contribution < -0.4 is 0 Å². The van der Waals surface area contributed by atoms with Crippen molar-refractivity contribution >= 4 is 6.29 Å². The van der Waals surface area contributed by atoms with E-state index in [0.29, 0.717) is 0 Å². The Morgan fingerprint density at radius 1 is 0.913 bits per heavy atom. The molecule has 118 valence electrons. The van der Waals surface area contributed by atoms with Crippen LogP contribution >= 0.6 is 0 Å². The molecule has 4 rings (SSSR count). The van der Waals surface area contributed by atoms with Gasteiger partial charge in [0, 0.05) is 5.92 Å². The molecule has 2 heteroatoms. The maximum atomic E-state index is 12.0. The molecular weight excluding hydrogens is 284 g/mol. The summed E-state index contributed by atoms with van der Waals surface area (Å²) in [6.45, 7) is 2.18. The summed E-state index contributed by atoms with van der Waals surface area (Å²) >= 11 is 0. The molecule has 0 aliphatic carbocycles. The van der Waals surface area contributed by atoms with Crippen LogP contribution in [-0.2, 0) is 20.7 Å². The molecule has 2 saturated heterocycles. The van der Waals surface area contributed by atoms with Crippen molar-refractivity contribution in [1.29, 1.82) is 0 Å². The van der Waals surface area contributed by atoms with Crippen molar-refractivity contribution in [2.24, 2.45) is 11.8 Å². The molecule has 2 heterocycles. The Labute approximate surface area is 137 Å². The number of carbonyl (C=O) groups is 1. The normalized spacial score (nSPS) is 35.9. The van der Waals surface area contributed by atoms with Crippen molar-refractivity contribution in [3.8, 4) is 0 Å². The first-order valence-corrected chi connectivity index (χ1v) is 8.49. The van der Waals surface area contributed by atoms with Gasteiger partial charge in [-0.15, -0.1) is 0 Å². The standard InChI is InChI=1S/C21H22O2/c1-16-19(15-22)21(18-11-6-3-7-12-18)14-8-13-20(16,23-21)17-9-4-2-5-10-17/h2-7,9-12,15-16,19H,8,13-14H2,1H3/t16-,19-,20?,21?/m0/s1. The molecule has 0 spiro atoms. The van der Waals surface area contributed by atoms with E-state index in [1.165, 1.54) is 5.56 Å². The molecule has 2 bridgehead atoms. The van der Waals surface area contributed by atoms with Crippen LogP contribution in [0.3, 0.4) is 0 Å². The molecule has 0 amide bonds. The summed E-state index contributed by atoms with van der Waals surface area (Å²) < 4.78 is 6.83. The molecule has 0 N–H and O–H groups in total. The van der Waals surface area contributed by atoms with Crippen LogP contribution in [0.15, 0.2) is 60.7 Å². The first-order chi connectivity index (χ1) is 11.2. The zero-order chi connectivity index (χ0) is 15.9. The number of fused-ring (bicyclic) bond motifs is 2. The van der Waals surface area contributed by atoms with Gasteiger partial charge in [0.25, 0.3) is 0 Å². The summed E-state index contributed by atoms with van der Waals surface area (Å²) in [4.78, 5) is 12.0. The molecule has 2 aromatic carbocycles. The lowest BCUT2D eigenvalue weighted by Gasteiger charge is -2.42. The van der Waals surface area contributed by atoms with Crippen LogP contribution in [-0.4, -0.2) is 6.29 Å². The summed E-state index contributed by atoms with van der Waals surface area (Å²) in [5.74, 6) is 0.0673. The third-order valence-corrected chi connectivity index (χ3v) is 5.94. The highest BCUT2D eigenvalue weighted by atomic mass is 16.5. The Hall–Kier alpha value is -1.93. The molecule has 2 aliphatic heterocycles. The first kappa shape index (κ1) is 14.6. The fourth-order valence-electron chi connectivity index (χ4n) is 4.82. The molecule has 2 unspecified atom stereocenters. The molecule has 23 heavy (non-hydrogen) atoms. The van der Waals surface area contributed by atoms with Crippen molar-refractivity contribution in [3.63, 3.8) is 0 Å². The van der Waals surface area contributed by atoms with E-state index in [2.05, 4.69) is 43.3 Å². The van der Waals surface area contributed by atoms with Gasteiger partial charge in [0.2, 0.25) is 0 Å². The van der Waals surface area contributed by atoms with Gasteiger partial charge in [0.05, 0.1) is 11.5 Å². The fourth-order valence-corrected chi connectivity index (χ4v) is 4.82. The van der Waals surface area contributed by atoms with Crippen LogP contribution in [0.2, 0.25) is 0 Å². The van der Waals surface area contributed by atoms with Gasteiger partial charge in [0.1, 0.15) is 11.9 Å². The Bertz CT molecular complexity index is 696. The third kappa shape index (κ3) is 1.94. The number of benzene rings is 2. The van der Waals surface area contributed by atoms with Crippen LogP contribution in [0.1, 0.15) is 37.3 Å². The van der Waals surface area contributed by atoms with Gasteiger partial charge < -0.3 is 9.53 Å². The van der Waals surface area contributed by atoms with E-state index in [-0.39, 0.29) is 17.4 Å². The molecule has 0 saturated carbocycles. The van der Waals surface area contributed by atoms with E-state index < -0.39 is 5.60 Å². The average Bonchev–Trinajstić information content (AvgIpc) is 2.81. The Morgan fingerprint density at radius 2 is 1.43 bits per heavy atom. The lowest BCUT2D eigenvalue weighted by atomic mass is 9.73. The van der Waals surface area contributed by atoms with Crippen molar-refractivity contribution in [1.82, 2.24) is 0 Å². The first-order valence-electron chi connectivity index (χ1n) is 8.49. The highest BCUT2D eigenvalue weighted by Gasteiger charge is 2.63. The van der Waals surface area contributed by atoms with Crippen molar-refractivity contribution < 1.29 is 9.53 Å². The second-order valence-corrected chi connectivity index (χ2v) is 6.92. The number of carbonyl (C=O) groups excluding carboxylic acids is 1. The van der Waals surface area contributed by atoms with E-state index in [1.54, 1.807) is 0 Å². The summed E-state index contributed by atoms with van der Waals surface area (Å²) in [6, 6.07) is 20.8. The van der Waals surface area contributed by atoms with E-state index in [0.717, 1.165) is 31.1 Å². The third-order valence-electron chi connectivity index (χ3n) is 5.94. The van der Waals surface area contributed by atoms with Crippen molar-refractivity contribution in [2.45, 2.75) is 37.4 Å². The minimum Gasteiger partial charge on any atom is -0.358 e. The predicted octanol–water partition coefficient (Wildman–Crippen LogP) is 4.44. The van der Waals surface area contributed by atoms with E-state index in [1.807, 2.05) is 24.3 Å². The van der Waals surface area contributed by atoms with Gasteiger partial charge in [-0.05, 0) is 30.4 Å². The van der Waals surface area contributed by atoms with Crippen LogP contribution in [0.5, 0.6) is 0 Å². The SMILES string of the molecule is C[C@H]1[C@H](C=O)C2(c3ccccc3)CCCC1(c1ccccc1)O2. The lowest BCUT2D eigenvalue weighted by molar-refractivity contribution is -0.164. The van der Waals surface area contributed by atoms with E-state index in [9.17, 15) is 4.79 Å². The van der Waals surface area contributed by atoms with Gasteiger partial charge in [-0.3, -0.25) is 0 Å². The quantitative estimate of drug-likeness (QED) is 0.784. The highest BCUT2D eigenvalue weighted by molar-refractivity contribution is 5.60. The molecular formula is C21H22O2. The second-order valence-electron chi connectivity index (χ2n) is 6.92. The van der Waals surface area contributed by atoms with Crippen LogP contribution in [0.25, 0.3) is 0 Å². The minimum absolute atomic E-state index is 0.104. The molecule has 2 aliphatic rings. The predicted molar refractivity (Wildman–Crippen MR) is 89.9 cm³/mol. The number of aldehydes is 1.